The van der Waals surface area contributed by atoms with Crippen LogP contribution >= 0.6 is 22.7 Å². The van der Waals surface area contributed by atoms with Crippen molar-refractivity contribution in [2.24, 2.45) is 0 Å². The first-order chi connectivity index (χ1) is 8.66. The van der Waals surface area contributed by atoms with E-state index in [2.05, 4.69) is 28.3 Å². The number of hydrogen-bond donors (Lipinski definition) is 1. The maximum Gasteiger partial charge on any atom is 0.355 e. The van der Waals surface area contributed by atoms with E-state index < -0.39 is 5.97 Å². The number of thiazole rings is 1. The molecule has 4 nitrogen and oxygen atoms in total. The summed E-state index contributed by atoms with van der Waals surface area (Å²) in [6.07, 6.45) is 1.01. The van der Waals surface area contributed by atoms with Crippen molar-refractivity contribution in [3.05, 3.63) is 33.0 Å². The highest BCUT2D eigenvalue weighted by atomic mass is 32.1. The molecule has 0 bridgehead atoms. The normalized spacial score (nSPS) is 18.7. The van der Waals surface area contributed by atoms with Crippen LogP contribution in [-0.4, -0.2) is 22.6 Å². The zero-order valence-electron chi connectivity index (χ0n) is 9.79. The minimum absolute atomic E-state index is 0.137. The summed E-state index contributed by atoms with van der Waals surface area (Å²) in [5.41, 5.74) is 1.48. The van der Waals surface area contributed by atoms with Crippen molar-refractivity contribution in [3.63, 3.8) is 0 Å². The monoisotopic (exact) mass is 280 g/mol. The number of hydrogen-bond acceptors (Lipinski definition) is 5. The van der Waals surface area contributed by atoms with Gasteiger partial charge in [0, 0.05) is 16.8 Å². The van der Waals surface area contributed by atoms with Gasteiger partial charge >= 0.3 is 5.97 Å². The third-order valence-corrected chi connectivity index (χ3v) is 5.11. The molecule has 18 heavy (non-hydrogen) atoms. The predicted octanol–water partition coefficient (Wildman–Crippen LogP) is 3.03. The first kappa shape index (κ1) is 11.7. The molecule has 2 aromatic heterocycles. The molecule has 0 radical (unpaired) electrons. The Morgan fingerprint density at radius 1 is 1.56 bits per heavy atom. The molecule has 0 saturated carbocycles. The molecule has 0 saturated heterocycles. The lowest BCUT2D eigenvalue weighted by Gasteiger charge is -2.33. The minimum atomic E-state index is -0.960. The Bertz CT molecular complexity index is 590. The average molecular weight is 280 g/mol. The maximum atomic E-state index is 10.9. The molecule has 0 amide bonds. The van der Waals surface area contributed by atoms with E-state index >= 15 is 0 Å². The van der Waals surface area contributed by atoms with Gasteiger partial charge in [-0.15, -0.1) is 22.7 Å². The van der Waals surface area contributed by atoms with Gasteiger partial charge in [0.1, 0.15) is 0 Å². The topological polar surface area (TPSA) is 53.4 Å². The molecule has 2 aromatic rings. The Morgan fingerprint density at radius 3 is 3.11 bits per heavy atom. The summed E-state index contributed by atoms with van der Waals surface area (Å²) in [5, 5.41) is 13.4. The highest BCUT2D eigenvalue weighted by Crippen LogP contribution is 2.37. The van der Waals surface area contributed by atoms with Crippen molar-refractivity contribution in [2.45, 2.75) is 19.4 Å². The summed E-state index contributed by atoms with van der Waals surface area (Å²) in [6, 6.07) is 2.43. The van der Waals surface area contributed by atoms with Crippen LogP contribution in [0.4, 0.5) is 5.13 Å². The molecule has 3 heterocycles. The number of rotatable bonds is 2. The fraction of sp³-hybridized carbons (Fsp3) is 0.333. The van der Waals surface area contributed by atoms with Gasteiger partial charge in [-0.2, -0.15) is 0 Å². The molecular weight excluding hydrogens is 268 g/mol. The van der Waals surface area contributed by atoms with Crippen LogP contribution in [0.15, 0.2) is 16.8 Å². The molecule has 1 aliphatic heterocycles. The van der Waals surface area contributed by atoms with E-state index in [1.54, 1.807) is 16.7 Å². The van der Waals surface area contributed by atoms with Crippen LogP contribution in [-0.2, 0) is 6.42 Å². The Kier molecular flexibility index (Phi) is 2.83. The Morgan fingerprint density at radius 2 is 2.39 bits per heavy atom. The van der Waals surface area contributed by atoms with E-state index in [-0.39, 0.29) is 11.7 Å². The zero-order valence-corrected chi connectivity index (χ0v) is 11.4. The number of fused-ring (bicyclic) bond motifs is 1. The number of anilines is 1. The highest BCUT2D eigenvalue weighted by Gasteiger charge is 2.27. The molecule has 1 atom stereocenters. The van der Waals surface area contributed by atoms with Crippen molar-refractivity contribution in [3.8, 4) is 0 Å². The molecule has 6 heteroatoms. The van der Waals surface area contributed by atoms with E-state index in [9.17, 15) is 4.79 Å². The second-order valence-electron chi connectivity index (χ2n) is 4.24. The van der Waals surface area contributed by atoms with E-state index in [1.165, 1.54) is 21.8 Å². The minimum Gasteiger partial charge on any atom is -0.476 e. The summed E-state index contributed by atoms with van der Waals surface area (Å²) < 4.78 is 0. The number of carbonyl (C=O) groups is 1. The quantitative estimate of drug-likeness (QED) is 0.918. The van der Waals surface area contributed by atoms with Gasteiger partial charge < -0.3 is 10.0 Å². The fourth-order valence-corrected chi connectivity index (χ4v) is 4.13. The maximum absolute atomic E-state index is 10.9. The lowest BCUT2D eigenvalue weighted by molar-refractivity contribution is 0.0691. The number of carboxylic acid groups (broad SMARTS) is 1. The lowest BCUT2D eigenvalue weighted by Crippen LogP contribution is -2.33. The van der Waals surface area contributed by atoms with Crippen LogP contribution in [0.5, 0.6) is 0 Å². The van der Waals surface area contributed by atoms with E-state index in [0.717, 1.165) is 18.1 Å². The molecule has 0 spiro atoms. The summed E-state index contributed by atoms with van der Waals surface area (Å²) in [7, 11) is 0. The summed E-state index contributed by atoms with van der Waals surface area (Å²) in [6.45, 7) is 3.05. The van der Waals surface area contributed by atoms with Gasteiger partial charge in [-0.25, -0.2) is 9.78 Å². The van der Waals surface area contributed by atoms with Gasteiger partial charge in [0.05, 0.1) is 6.04 Å². The molecule has 0 fully saturated rings. The second-order valence-corrected chi connectivity index (χ2v) is 6.08. The number of carboxylic acids is 1. The highest BCUT2D eigenvalue weighted by molar-refractivity contribution is 7.14. The van der Waals surface area contributed by atoms with Crippen molar-refractivity contribution in [2.75, 3.05) is 11.4 Å². The Labute approximate surface area is 113 Å². The number of nitrogens with zero attached hydrogens (tertiary/aromatic N) is 2. The van der Waals surface area contributed by atoms with Gasteiger partial charge in [-0.05, 0) is 30.4 Å². The smallest absolute Gasteiger partial charge is 0.355 e. The van der Waals surface area contributed by atoms with Crippen LogP contribution in [0.2, 0.25) is 0 Å². The van der Waals surface area contributed by atoms with E-state index in [1.807, 2.05) is 0 Å². The van der Waals surface area contributed by atoms with Crippen molar-refractivity contribution in [1.82, 2.24) is 4.98 Å². The van der Waals surface area contributed by atoms with Crippen LogP contribution < -0.4 is 4.90 Å². The molecule has 1 N–H and O–H groups in total. The van der Waals surface area contributed by atoms with Crippen molar-refractivity contribution < 1.29 is 9.90 Å². The molecule has 3 rings (SSSR count). The average Bonchev–Trinajstić information content (AvgIpc) is 2.97. The fourth-order valence-electron chi connectivity index (χ4n) is 2.27. The number of aromatic nitrogens is 1. The van der Waals surface area contributed by atoms with Crippen LogP contribution in [0.1, 0.15) is 33.9 Å². The van der Waals surface area contributed by atoms with Gasteiger partial charge in [0.15, 0.2) is 10.8 Å². The van der Waals surface area contributed by atoms with Crippen molar-refractivity contribution in [1.29, 1.82) is 0 Å². The van der Waals surface area contributed by atoms with Crippen LogP contribution in [0, 0.1) is 0 Å². The molecule has 1 unspecified atom stereocenters. The molecule has 0 aliphatic carbocycles. The SMILES string of the molecule is CC1c2ccsc2CCN1c1nc(C(=O)O)cs1. The third-order valence-electron chi connectivity index (χ3n) is 3.23. The molecular formula is C12H12N2O2S2. The second kappa shape index (κ2) is 4.37. The Hall–Kier alpha value is -1.40. The summed E-state index contributed by atoms with van der Waals surface area (Å²) >= 11 is 3.20. The van der Waals surface area contributed by atoms with Gasteiger partial charge in [-0.1, -0.05) is 0 Å². The third kappa shape index (κ3) is 1.81. The zero-order chi connectivity index (χ0) is 12.7. The first-order valence-corrected chi connectivity index (χ1v) is 7.44. The summed E-state index contributed by atoms with van der Waals surface area (Å²) in [4.78, 5) is 18.7. The van der Waals surface area contributed by atoms with E-state index in [0.29, 0.717) is 0 Å². The summed E-state index contributed by atoms with van der Waals surface area (Å²) in [5.74, 6) is -0.960. The molecule has 1 aliphatic rings. The van der Waals surface area contributed by atoms with Gasteiger partial charge in [0.25, 0.3) is 0 Å². The van der Waals surface area contributed by atoms with E-state index in [4.69, 9.17) is 5.11 Å². The van der Waals surface area contributed by atoms with Crippen molar-refractivity contribution >= 4 is 33.8 Å². The molecule has 0 aromatic carbocycles. The Balaban J connectivity index is 1.91. The number of aromatic carboxylic acids is 1. The van der Waals surface area contributed by atoms with Crippen LogP contribution in [0.3, 0.4) is 0 Å². The predicted molar refractivity (Wildman–Crippen MR) is 72.9 cm³/mol. The van der Waals surface area contributed by atoms with Gasteiger partial charge in [0.2, 0.25) is 0 Å². The van der Waals surface area contributed by atoms with Crippen LogP contribution in [0.25, 0.3) is 0 Å². The van der Waals surface area contributed by atoms with Gasteiger partial charge in [-0.3, -0.25) is 0 Å². The molecule has 94 valence electrons. The lowest BCUT2D eigenvalue weighted by atomic mass is 10.0. The standard InChI is InChI=1S/C12H12N2O2S2/c1-7-8-3-5-17-10(8)2-4-14(7)12-13-9(6-18-12)11(15)16/h3,5-7H,2,4H2,1H3,(H,15,16). The number of thiophene rings is 1. The first-order valence-electron chi connectivity index (χ1n) is 5.68. The largest absolute Gasteiger partial charge is 0.476 e.